The van der Waals surface area contributed by atoms with Crippen LogP contribution in [0.25, 0.3) is 0 Å². The van der Waals surface area contributed by atoms with Crippen molar-refractivity contribution >= 4 is 0 Å². The molecular formula is C13H28N2O. The van der Waals surface area contributed by atoms with Crippen LogP contribution in [0.15, 0.2) is 0 Å². The first kappa shape index (κ1) is 13.9. The molecule has 0 bridgehead atoms. The van der Waals surface area contributed by atoms with Crippen LogP contribution < -0.4 is 5.32 Å². The molecule has 2 unspecified atom stereocenters. The Hall–Kier alpha value is -0.120. The van der Waals surface area contributed by atoms with Gasteiger partial charge in [0, 0.05) is 18.7 Å². The Kier molecular flexibility index (Phi) is 7.01. The number of nitrogens with zero attached hydrogens (tertiary/aromatic N) is 1. The summed E-state index contributed by atoms with van der Waals surface area (Å²) in [6.07, 6.45) is 3.62. The Morgan fingerprint density at radius 1 is 1.19 bits per heavy atom. The Labute approximate surface area is 101 Å². The molecule has 0 aromatic heterocycles. The van der Waals surface area contributed by atoms with Gasteiger partial charge in [-0.3, -0.25) is 4.90 Å². The van der Waals surface area contributed by atoms with Gasteiger partial charge in [-0.25, -0.2) is 0 Å². The predicted molar refractivity (Wildman–Crippen MR) is 68.8 cm³/mol. The number of hydrogen-bond donors (Lipinski definition) is 1. The van der Waals surface area contributed by atoms with Gasteiger partial charge in [0.15, 0.2) is 0 Å². The van der Waals surface area contributed by atoms with Crippen molar-refractivity contribution in [1.82, 2.24) is 10.2 Å². The summed E-state index contributed by atoms with van der Waals surface area (Å²) < 4.78 is 5.65. The van der Waals surface area contributed by atoms with Crippen molar-refractivity contribution in [2.75, 3.05) is 32.8 Å². The molecule has 1 rings (SSSR count). The fourth-order valence-corrected chi connectivity index (χ4v) is 2.60. The number of hydrogen-bond acceptors (Lipinski definition) is 3. The summed E-state index contributed by atoms with van der Waals surface area (Å²) in [6, 6.07) is 1.20. The second-order valence-electron chi connectivity index (χ2n) is 4.63. The van der Waals surface area contributed by atoms with Gasteiger partial charge >= 0.3 is 0 Å². The third kappa shape index (κ3) is 4.04. The minimum atomic E-state index is 0.577. The maximum atomic E-state index is 5.65. The molecule has 16 heavy (non-hydrogen) atoms. The predicted octanol–water partition coefficient (Wildman–Crippen LogP) is 1.88. The van der Waals surface area contributed by atoms with Gasteiger partial charge in [0.05, 0.1) is 6.61 Å². The Bertz CT molecular complexity index is 167. The molecule has 0 radical (unpaired) electrons. The van der Waals surface area contributed by atoms with E-state index in [4.69, 9.17) is 4.74 Å². The van der Waals surface area contributed by atoms with Gasteiger partial charge in [0.25, 0.3) is 0 Å². The van der Waals surface area contributed by atoms with Gasteiger partial charge in [0.2, 0.25) is 0 Å². The summed E-state index contributed by atoms with van der Waals surface area (Å²) in [5, 5.41) is 3.61. The van der Waals surface area contributed by atoms with E-state index >= 15 is 0 Å². The highest BCUT2D eigenvalue weighted by molar-refractivity contribution is 4.87. The van der Waals surface area contributed by atoms with Crippen LogP contribution in [0.4, 0.5) is 0 Å². The van der Waals surface area contributed by atoms with E-state index < -0.39 is 0 Å². The van der Waals surface area contributed by atoms with Crippen LogP contribution in [0, 0.1) is 0 Å². The Morgan fingerprint density at radius 2 is 1.88 bits per heavy atom. The molecule has 1 N–H and O–H groups in total. The summed E-state index contributed by atoms with van der Waals surface area (Å²) in [7, 11) is 0. The van der Waals surface area contributed by atoms with Crippen LogP contribution in [0.3, 0.4) is 0 Å². The molecule has 0 saturated carbocycles. The van der Waals surface area contributed by atoms with Gasteiger partial charge in [-0.1, -0.05) is 20.8 Å². The Morgan fingerprint density at radius 3 is 2.44 bits per heavy atom. The summed E-state index contributed by atoms with van der Waals surface area (Å²) in [5.41, 5.74) is 0. The molecule has 1 aliphatic rings. The lowest BCUT2D eigenvalue weighted by Gasteiger charge is -2.40. The van der Waals surface area contributed by atoms with Crippen LogP contribution in [0.2, 0.25) is 0 Å². The van der Waals surface area contributed by atoms with E-state index in [1.54, 1.807) is 0 Å². The van der Waals surface area contributed by atoms with Crippen molar-refractivity contribution in [1.29, 1.82) is 0 Å². The molecule has 1 saturated heterocycles. The SMILES string of the molecule is CCCN(CCC)C1COCCC1NCC. The van der Waals surface area contributed by atoms with E-state index in [1.807, 2.05) is 0 Å². The molecule has 3 nitrogen and oxygen atoms in total. The van der Waals surface area contributed by atoms with Gasteiger partial charge in [-0.2, -0.15) is 0 Å². The fourth-order valence-electron chi connectivity index (χ4n) is 2.60. The molecule has 0 spiro atoms. The number of likely N-dealkylation sites (N-methyl/N-ethyl adjacent to an activating group) is 1. The molecule has 1 aliphatic heterocycles. The third-order valence-corrected chi connectivity index (χ3v) is 3.28. The third-order valence-electron chi connectivity index (χ3n) is 3.28. The number of ether oxygens (including phenoxy) is 1. The lowest BCUT2D eigenvalue weighted by molar-refractivity contribution is -0.00288. The lowest BCUT2D eigenvalue weighted by atomic mass is 10.0. The van der Waals surface area contributed by atoms with E-state index in [2.05, 4.69) is 31.0 Å². The molecule has 2 atom stereocenters. The lowest BCUT2D eigenvalue weighted by Crippen LogP contribution is -2.55. The quantitative estimate of drug-likeness (QED) is 0.720. The van der Waals surface area contributed by atoms with Gasteiger partial charge in [-0.05, 0) is 38.9 Å². The number of nitrogens with one attached hydrogen (secondary N) is 1. The monoisotopic (exact) mass is 228 g/mol. The molecule has 0 amide bonds. The minimum absolute atomic E-state index is 0.577. The Balaban J connectivity index is 2.54. The highest BCUT2D eigenvalue weighted by atomic mass is 16.5. The van der Waals surface area contributed by atoms with Crippen molar-refractivity contribution in [3.05, 3.63) is 0 Å². The largest absolute Gasteiger partial charge is 0.380 e. The first-order valence-corrected chi connectivity index (χ1v) is 6.88. The fraction of sp³-hybridized carbons (Fsp3) is 1.00. The first-order valence-electron chi connectivity index (χ1n) is 6.88. The highest BCUT2D eigenvalue weighted by Crippen LogP contribution is 2.15. The van der Waals surface area contributed by atoms with E-state index in [1.165, 1.54) is 25.9 Å². The van der Waals surface area contributed by atoms with E-state index in [-0.39, 0.29) is 0 Å². The topological polar surface area (TPSA) is 24.5 Å². The number of rotatable bonds is 7. The van der Waals surface area contributed by atoms with Crippen molar-refractivity contribution in [2.45, 2.75) is 52.1 Å². The molecule has 96 valence electrons. The zero-order valence-corrected chi connectivity index (χ0v) is 11.2. The normalized spacial score (nSPS) is 26.2. The van der Waals surface area contributed by atoms with Crippen molar-refractivity contribution < 1.29 is 4.74 Å². The van der Waals surface area contributed by atoms with Crippen LogP contribution in [0.5, 0.6) is 0 Å². The molecule has 3 heteroatoms. The highest BCUT2D eigenvalue weighted by Gasteiger charge is 2.29. The molecule has 1 heterocycles. The summed E-state index contributed by atoms with van der Waals surface area (Å²) in [4.78, 5) is 2.60. The van der Waals surface area contributed by atoms with Crippen LogP contribution in [0.1, 0.15) is 40.0 Å². The van der Waals surface area contributed by atoms with Gasteiger partial charge in [-0.15, -0.1) is 0 Å². The molecule has 0 aromatic rings. The summed E-state index contributed by atoms with van der Waals surface area (Å²) >= 11 is 0. The zero-order valence-electron chi connectivity index (χ0n) is 11.2. The summed E-state index contributed by atoms with van der Waals surface area (Å²) in [6.45, 7) is 12.0. The van der Waals surface area contributed by atoms with Crippen molar-refractivity contribution in [3.63, 3.8) is 0 Å². The second-order valence-corrected chi connectivity index (χ2v) is 4.63. The van der Waals surface area contributed by atoms with E-state index in [9.17, 15) is 0 Å². The average Bonchev–Trinajstić information content (AvgIpc) is 2.30. The zero-order chi connectivity index (χ0) is 11.8. The maximum Gasteiger partial charge on any atom is 0.0637 e. The molecule has 0 aliphatic carbocycles. The van der Waals surface area contributed by atoms with Crippen molar-refractivity contribution in [3.8, 4) is 0 Å². The second kappa shape index (κ2) is 8.04. The molecular weight excluding hydrogens is 200 g/mol. The van der Waals surface area contributed by atoms with E-state index in [0.717, 1.165) is 26.2 Å². The summed E-state index contributed by atoms with van der Waals surface area (Å²) in [5.74, 6) is 0. The van der Waals surface area contributed by atoms with Crippen LogP contribution in [-0.2, 0) is 4.74 Å². The molecule has 1 fully saturated rings. The molecule has 0 aromatic carbocycles. The maximum absolute atomic E-state index is 5.65. The minimum Gasteiger partial charge on any atom is -0.380 e. The van der Waals surface area contributed by atoms with E-state index in [0.29, 0.717) is 12.1 Å². The van der Waals surface area contributed by atoms with Gasteiger partial charge in [0.1, 0.15) is 0 Å². The first-order chi connectivity index (χ1) is 7.83. The van der Waals surface area contributed by atoms with Crippen molar-refractivity contribution in [2.24, 2.45) is 0 Å². The van der Waals surface area contributed by atoms with Crippen LogP contribution in [-0.4, -0.2) is 49.8 Å². The van der Waals surface area contributed by atoms with Crippen LogP contribution >= 0.6 is 0 Å². The smallest absolute Gasteiger partial charge is 0.0637 e. The standard InChI is InChI=1S/C13H28N2O/c1-4-8-15(9-5-2)13-11-16-10-7-12(13)14-6-3/h12-14H,4-11H2,1-3H3. The van der Waals surface area contributed by atoms with Gasteiger partial charge < -0.3 is 10.1 Å². The average molecular weight is 228 g/mol.